The number of hydrogen-bond donors (Lipinski definition) is 2. The van der Waals surface area contributed by atoms with Gasteiger partial charge >= 0.3 is 0 Å². The smallest absolute Gasteiger partial charge is 0.179 e. The summed E-state index contributed by atoms with van der Waals surface area (Å²) in [7, 11) is 0. The number of aromatic hydroxyl groups is 1. The molecule has 1 aliphatic rings. The zero-order valence-corrected chi connectivity index (χ0v) is 7.16. The van der Waals surface area contributed by atoms with Crippen LogP contribution in [0.4, 0.5) is 0 Å². The van der Waals surface area contributed by atoms with E-state index in [1.54, 1.807) is 18.2 Å². The van der Waals surface area contributed by atoms with Crippen molar-refractivity contribution in [1.29, 1.82) is 0 Å². The highest BCUT2D eigenvalue weighted by atomic mass is 16.3. The molecule has 68 valence electrons. The number of ketones is 1. The molecular weight excluding hydrogens is 166 g/mol. The van der Waals surface area contributed by atoms with E-state index in [-0.39, 0.29) is 17.6 Å². The van der Waals surface area contributed by atoms with Crippen LogP contribution in [0.15, 0.2) is 24.3 Å². The van der Waals surface area contributed by atoms with Crippen LogP contribution in [-0.2, 0) is 0 Å². The highest BCUT2D eigenvalue weighted by molar-refractivity contribution is 6.00. The lowest BCUT2D eigenvalue weighted by molar-refractivity contribution is 0.0904. The standard InChI is InChI=1S/C10H11NO2/c12-8-3-1-2-7(6-8)10(13)9-4-5-11-9/h1-3,6,9,11-12H,4-5H2. The number of Topliss-reactive ketones (excluding diaryl/α,β-unsaturated/α-hetero) is 1. The van der Waals surface area contributed by atoms with E-state index in [0.717, 1.165) is 13.0 Å². The lowest BCUT2D eigenvalue weighted by Crippen LogP contribution is -2.48. The first-order valence-corrected chi connectivity index (χ1v) is 4.34. The van der Waals surface area contributed by atoms with Gasteiger partial charge < -0.3 is 10.4 Å². The van der Waals surface area contributed by atoms with Crippen LogP contribution in [0.2, 0.25) is 0 Å². The highest BCUT2D eigenvalue weighted by Gasteiger charge is 2.25. The highest BCUT2D eigenvalue weighted by Crippen LogP contribution is 2.15. The predicted octanol–water partition coefficient (Wildman–Crippen LogP) is 0.937. The number of phenols is 1. The van der Waals surface area contributed by atoms with Gasteiger partial charge in [-0.15, -0.1) is 0 Å². The average molecular weight is 177 g/mol. The van der Waals surface area contributed by atoms with Crippen molar-refractivity contribution in [3.05, 3.63) is 29.8 Å². The molecule has 3 nitrogen and oxygen atoms in total. The number of benzene rings is 1. The van der Waals surface area contributed by atoms with Gasteiger partial charge in [0.1, 0.15) is 5.75 Å². The molecule has 0 amide bonds. The van der Waals surface area contributed by atoms with Gasteiger partial charge in [0.15, 0.2) is 5.78 Å². The first kappa shape index (κ1) is 8.26. The van der Waals surface area contributed by atoms with E-state index >= 15 is 0 Å². The minimum absolute atomic E-state index is 0.0400. The van der Waals surface area contributed by atoms with E-state index in [1.807, 2.05) is 0 Å². The molecule has 1 unspecified atom stereocenters. The fourth-order valence-electron chi connectivity index (χ4n) is 1.37. The summed E-state index contributed by atoms with van der Waals surface area (Å²) in [5.41, 5.74) is 0.581. The molecule has 0 bridgehead atoms. The molecule has 1 aromatic rings. The first-order valence-electron chi connectivity index (χ1n) is 4.34. The zero-order chi connectivity index (χ0) is 9.26. The molecule has 0 radical (unpaired) electrons. The maximum Gasteiger partial charge on any atom is 0.179 e. The molecule has 1 heterocycles. The fourth-order valence-corrected chi connectivity index (χ4v) is 1.37. The maximum absolute atomic E-state index is 11.6. The van der Waals surface area contributed by atoms with Crippen LogP contribution in [0, 0.1) is 0 Å². The Morgan fingerprint density at radius 1 is 1.54 bits per heavy atom. The molecule has 1 aliphatic heterocycles. The lowest BCUT2D eigenvalue weighted by atomic mass is 9.97. The van der Waals surface area contributed by atoms with Crippen molar-refractivity contribution in [3.63, 3.8) is 0 Å². The second kappa shape index (κ2) is 3.18. The number of hydrogen-bond acceptors (Lipinski definition) is 3. The zero-order valence-electron chi connectivity index (χ0n) is 7.16. The molecule has 2 rings (SSSR count). The summed E-state index contributed by atoms with van der Waals surface area (Å²) in [5, 5.41) is 12.2. The number of rotatable bonds is 2. The Hall–Kier alpha value is -1.35. The van der Waals surface area contributed by atoms with Gasteiger partial charge in [0.2, 0.25) is 0 Å². The maximum atomic E-state index is 11.6. The van der Waals surface area contributed by atoms with Crippen LogP contribution >= 0.6 is 0 Å². The molecule has 0 aromatic heterocycles. The molecule has 0 saturated carbocycles. The van der Waals surface area contributed by atoms with Gasteiger partial charge in [0.05, 0.1) is 6.04 Å². The summed E-state index contributed by atoms with van der Waals surface area (Å²) >= 11 is 0. The monoisotopic (exact) mass is 177 g/mol. The number of phenolic OH excluding ortho intramolecular Hbond substituents is 1. The van der Waals surface area contributed by atoms with Gasteiger partial charge in [-0.25, -0.2) is 0 Å². The Morgan fingerprint density at radius 2 is 2.31 bits per heavy atom. The van der Waals surface area contributed by atoms with Crippen molar-refractivity contribution >= 4 is 5.78 Å². The first-order chi connectivity index (χ1) is 6.27. The van der Waals surface area contributed by atoms with Crippen LogP contribution in [0.3, 0.4) is 0 Å². The second-order valence-electron chi connectivity index (χ2n) is 3.21. The topological polar surface area (TPSA) is 49.3 Å². The molecule has 0 spiro atoms. The summed E-state index contributed by atoms with van der Waals surface area (Å²) in [5.74, 6) is 0.215. The quantitative estimate of drug-likeness (QED) is 0.661. The van der Waals surface area contributed by atoms with E-state index in [9.17, 15) is 4.79 Å². The van der Waals surface area contributed by atoms with Crippen LogP contribution in [0.1, 0.15) is 16.8 Å². The van der Waals surface area contributed by atoms with Gasteiger partial charge in [0, 0.05) is 5.56 Å². The lowest BCUT2D eigenvalue weighted by Gasteiger charge is -2.26. The number of carbonyl (C=O) groups is 1. The Labute approximate surface area is 76.4 Å². The van der Waals surface area contributed by atoms with Gasteiger partial charge in [-0.3, -0.25) is 4.79 Å². The average Bonchev–Trinajstić information content (AvgIpc) is 2.01. The predicted molar refractivity (Wildman–Crippen MR) is 48.8 cm³/mol. The summed E-state index contributed by atoms with van der Waals surface area (Å²) in [6.45, 7) is 0.912. The Bertz CT molecular complexity index is 331. The number of carbonyl (C=O) groups excluding carboxylic acids is 1. The molecule has 1 fully saturated rings. The molecule has 0 aliphatic carbocycles. The minimum atomic E-state index is -0.0400. The Balaban J connectivity index is 2.19. The van der Waals surface area contributed by atoms with Crippen LogP contribution in [-0.4, -0.2) is 23.5 Å². The summed E-state index contributed by atoms with van der Waals surface area (Å²) in [4.78, 5) is 11.6. The largest absolute Gasteiger partial charge is 0.508 e. The Kier molecular flexibility index (Phi) is 2.02. The van der Waals surface area contributed by atoms with Gasteiger partial charge in [-0.2, -0.15) is 0 Å². The molecular formula is C10H11NO2. The van der Waals surface area contributed by atoms with Crippen LogP contribution < -0.4 is 5.32 Å². The molecule has 2 N–H and O–H groups in total. The van der Waals surface area contributed by atoms with Crippen molar-refractivity contribution in [2.75, 3.05) is 6.54 Å². The van der Waals surface area contributed by atoms with Crippen molar-refractivity contribution < 1.29 is 9.90 Å². The van der Waals surface area contributed by atoms with E-state index in [4.69, 9.17) is 5.11 Å². The van der Waals surface area contributed by atoms with E-state index in [1.165, 1.54) is 6.07 Å². The Morgan fingerprint density at radius 3 is 2.85 bits per heavy atom. The molecule has 13 heavy (non-hydrogen) atoms. The van der Waals surface area contributed by atoms with E-state index in [2.05, 4.69) is 5.32 Å². The van der Waals surface area contributed by atoms with E-state index in [0.29, 0.717) is 5.56 Å². The van der Waals surface area contributed by atoms with E-state index < -0.39 is 0 Å². The summed E-state index contributed by atoms with van der Waals surface area (Å²) in [6.07, 6.45) is 0.897. The third-order valence-corrected chi connectivity index (χ3v) is 2.27. The summed E-state index contributed by atoms with van der Waals surface area (Å²) in [6, 6.07) is 6.43. The third kappa shape index (κ3) is 1.55. The minimum Gasteiger partial charge on any atom is -0.508 e. The van der Waals surface area contributed by atoms with Crippen LogP contribution in [0.25, 0.3) is 0 Å². The van der Waals surface area contributed by atoms with Crippen molar-refractivity contribution in [2.45, 2.75) is 12.5 Å². The van der Waals surface area contributed by atoms with Crippen molar-refractivity contribution in [2.24, 2.45) is 0 Å². The van der Waals surface area contributed by atoms with Gasteiger partial charge in [-0.05, 0) is 25.1 Å². The van der Waals surface area contributed by atoms with Crippen molar-refractivity contribution in [3.8, 4) is 5.75 Å². The van der Waals surface area contributed by atoms with Gasteiger partial charge in [0.25, 0.3) is 0 Å². The molecule has 1 atom stereocenters. The fraction of sp³-hybridized carbons (Fsp3) is 0.300. The molecule has 1 saturated heterocycles. The SMILES string of the molecule is O=C(c1cccc(O)c1)C1CCN1. The third-order valence-electron chi connectivity index (χ3n) is 2.27. The normalized spacial score (nSPS) is 20.8. The van der Waals surface area contributed by atoms with Gasteiger partial charge in [-0.1, -0.05) is 12.1 Å². The number of nitrogens with one attached hydrogen (secondary N) is 1. The van der Waals surface area contributed by atoms with Crippen molar-refractivity contribution in [1.82, 2.24) is 5.32 Å². The van der Waals surface area contributed by atoms with Crippen LogP contribution in [0.5, 0.6) is 5.75 Å². The molecule has 1 aromatic carbocycles. The summed E-state index contributed by atoms with van der Waals surface area (Å²) < 4.78 is 0. The molecule has 3 heteroatoms. The second-order valence-corrected chi connectivity index (χ2v) is 3.21.